The van der Waals surface area contributed by atoms with Gasteiger partial charge >= 0.3 is 27.0 Å². The van der Waals surface area contributed by atoms with E-state index < -0.39 is 6.08 Å². The van der Waals surface area contributed by atoms with Gasteiger partial charge in [0.1, 0.15) is 6.08 Å². The van der Waals surface area contributed by atoms with Crippen molar-refractivity contribution in [3.05, 3.63) is 12.3 Å². The Morgan fingerprint density at radius 3 is 2.46 bits per heavy atom. The molecule has 0 unspecified atom stereocenters. The Balaban J connectivity index is 0. The minimum atomic E-state index is -2.00. The van der Waals surface area contributed by atoms with Gasteiger partial charge in [-0.25, -0.2) is 15.0 Å². The van der Waals surface area contributed by atoms with E-state index in [9.17, 15) is 8.78 Å². The number of ether oxygens (including phenoxy) is 3. The van der Waals surface area contributed by atoms with E-state index in [2.05, 4.69) is 14.2 Å². The van der Waals surface area contributed by atoms with E-state index in [1.165, 1.54) is 13.4 Å². The van der Waals surface area contributed by atoms with E-state index in [0.717, 1.165) is 17.3 Å². The topological polar surface area (TPSA) is 27.7 Å². The van der Waals surface area contributed by atoms with Gasteiger partial charge in [0.25, 0.3) is 0 Å². The van der Waals surface area contributed by atoms with Gasteiger partial charge in [-0.2, -0.15) is 0 Å². The summed E-state index contributed by atoms with van der Waals surface area (Å²) in [5, 5.41) is 0. The van der Waals surface area contributed by atoms with Crippen LogP contribution in [0.25, 0.3) is 0 Å². The van der Waals surface area contributed by atoms with Crippen LogP contribution < -0.4 is 0 Å². The average molecular weight is 268 g/mol. The van der Waals surface area contributed by atoms with Crippen LogP contribution in [0, 0.1) is 6.26 Å². The van der Waals surface area contributed by atoms with Gasteiger partial charge in [-0.3, -0.25) is 0 Å². The molecule has 0 aliphatic carbocycles. The quantitative estimate of drug-likeness (QED) is 0.242. The van der Waals surface area contributed by atoms with Crippen molar-refractivity contribution in [1.29, 1.82) is 0 Å². The normalized spacial score (nSPS) is 8.46. The van der Waals surface area contributed by atoms with E-state index in [1.807, 2.05) is 0 Å². The maximum atomic E-state index is 11.2. The summed E-state index contributed by atoms with van der Waals surface area (Å²) in [4.78, 5) is 0. The molecule has 0 radical (unpaired) electrons. The Bertz CT molecular complexity index is 122. The fourth-order valence-electron chi connectivity index (χ4n) is 0.327. The van der Waals surface area contributed by atoms with Crippen molar-refractivity contribution < 1.29 is 40.3 Å². The first-order chi connectivity index (χ1) is 6.27. The molecule has 7 heteroatoms. The Labute approximate surface area is 89.7 Å². The summed E-state index contributed by atoms with van der Waals surface area (Å²) in [5.74, 6) is 0. The van der Waals surface area contributed by atoms with Gasteiger partial charge in [0.05, 0.1) is 13.2 Å². The van der Waals surface area contributed by atoms with Crippen LogP contribution in [0.4, 0.5) is 8.78 Å². The second-order valence-electron chi connectivity index (χ2n) is 1.53. The van der Waals surface area contributed by atoms with Crippen molar-refractivity contribution in [2.45, 2.75) is 0 Å². The van der Waals surface area contributed by atoms with Crippen molar-refractivity contribution in [1.82, 2.24) is 0 Å². The summed E-state index contributed by atoms with van der Waals surface area (Å²) in [5.41, 5.74) is 0. The Morgan fingerprint density at radius 2 is 2.00 bits per heavy atom. The van der Waals surface area contributed by atoms with Gasteiger partial charge in [0.15, 0.2) is 6.79 Å². The van der Waals surface area contributed by atoms with Crippen molar-refractivity contribution in [2.24, 2.45) is 0 Å². The predicted molar refractivity (Wildman–Crippen MR) is 38.6 cm³/mol. The van der Waals surface area contributed by atoms with Crippen molar-refractivity contribution in [3.8, 4) is 0 Å². The summed E-state index contributed by atoms with van der Waals surface area (Å²) in [7, 11) is 6.28. The van der Waals surface area contributed by atoms with Crippen LogP contribution in [0.15, 0.2) is 6.08 Å². The summed E-state index contributed by atoms with van der Waals surface area (Å²) in [6.07, 6.45) is -0.660. The summed E-state index contributed by atoms with van der Waals surface area (Å²) >= 11 is 0.847. The van der Waals surface area contributed by atoms with E-state index in [-0.39, 0.29) is 6.79 Å². The van der Waals surface area contributed by atoms with E-state index in [4.69, 9.17) is 9.69 Å². The maximum absolute atomic E-state index is 11.2. The van der Waals surface area contributed by atoms with E-state index >= 15 is 0 Å². The van der Waals surface area contributed by atoms with Gasteiger partial charge in [-0.15, -0.1) is 0 Å². The Hall–Kier alpha value is 0.233. The first-order valence-corrected chi connectivity index (χ1v) is 7.06. The van der Waals surface area contributed by atoms with Gasteiger partial charge in [0.2, 0.25) is 0 Å². The molecule has 0 saturated heterocycles. The molecule has 0 rings (SSSR count). The first kappa shape index (κ1) is 15.7. The third kappa shape index (κ3) is 18.9. The molecule has 0 heterocycles. The number of methoxy groups -OCH3 is 1. The first-order valence-electron chi connectivity index (χ1n) is 3.16. The van der Waals surface area contributed by atoms with Gasteiger partial charge in [-0.1, -0.05) is 0 Å². The van der Waals surface area contributed by atoms with Crippen LogP contribution in [-0.2, 0) is 31.5 Å². The zero-order chi connectivity index (χ0) is 10.5. The monoisotopic (exact) mass is 266 g/mol. The van der Waals surface area contributed by atoms with Crippen molar-refractivity contribution in [3.63, 3.8) is 0 Å². The molecule has 74 valence electrons. The molecule has 13 heavy (non-hydrogen) atoms. The molecule has 0 aromatic heterocycles. The Morgan fingerprint density at radius 1 is 1.38 bits per heavy atom. The standard InChI is InChI=1S/C6H9F2O3.ClH.Zn/c1-9-2-3-10-5-11-4-6(7)8;;/h2-3,5H2,1H3;1H;/q-1;;+2/p-1. The molecular formula is C6H9ClF2O3Zn. The average Bonchev–Trinajstić information content (AvgIpc) is 2.14. The molecule has 3 nitrogen and oxygen atoms in total. The van der Waals surface area contributed by atoms with E-state index in [0.29, 0.717) is 13.2 Å². The molecule has 0 fully saturated rings. The van der Waals surface area contributed by atoms with Crippen LogP contribution >= 0.6 is 9.69 Å². The molecule has 0 saturated carbocycles. The Kier molecular flexibility index (Phi) is 17.8. The molecule has 0 aliphatic heterocycles. The summed E-state index contributed by atoms with van der Waals surface area (Å²) < 4.78 is 35.8. The summed E-state index contributed by atoms with van der Waals surface area (Å²) in [6, 6.07) is 0. The third-order valence-electron chi connectivity index (χ3n) is 0.723. The van der Waals surface area contributed by atoms with Crippen LogP contribution in [0.2, 0.25) is 0 Å². The molecule has 0 atom stereocenters. The minimum absolute atomic E-state index is 0.235. The zero-order valence-corrected chi connectivity index (χ0v) is 10.9. The second kappa shape index (κ2) is 14.7. The van der Waals surface area contributed by atoms with Crippen LogP contribution in [0.1, 0.15) is 0 Å². The molecule has 0 aliphatic rings. The van der Waals surface area contributed by atoms with Crippen LogP contribution in [0.5, 0.6) is 0 Å². The number of halogens is 3. The molecular weight excluding hydrogens is 259 g/mol. The van der Waals surface area contributed by atoms with Crippen molar-refractivity contribution >= 4 is 9.69 Å². The van der Waals surface area contributed by atoms with Gasteiger partial charge in [-0.05, 0) is 0 Å². The molecule has 0 aromatic rings. The third-order valence-corrected chi connectivity index (χ3v) is 0.723. The molecule has 0 amide bonds. The van der Waals surface area contributed by atoms with Gasteiger partial charge in [0, 0.05) is 7.11 Å². The molecule has 0 bridgehead atoms. The predicted octanol–water partition coefficient (Wildman–Crippen LogP) is 1.85. The summed E-state index contributed by atoms with van der Waals surface area (Å²) in [6.45, 7) is 0.484. The van der Waals surface area contributed by atoms with Crippen molar-refractivity contribution in [2.75, 3.05) is 27.1 Å². The zero-order valence-electron chi connectivity index (χ0n) is 7.19. The number of hydrogen-bond acceptors (Lipinski definition) is 3. The van der Waals surface area contributed by atoms with Crippen LogP contribution in [0.3, 0.4) is 0 Å². The second-order valence-corrected chi connectivity index (χ2v) is 1.53. The van der Waals surface area contributed by atoms with E-state index in [1.54, 1.807) is 0 Å². The molecule has 0 N–H and O–H groups in total. The van der Waals surface area contributed by atoms with Crippen LogP contribution in [-0.4, -0.2) is 27.1 Å². The fraction of sp³-hybridized carbons (Fsp3) is 0.667. The number of rotatable bonds is 6. The SMILES string of the molecule is COCCOCO[C-]=C(F)F.[Cl][Zn+]. The van der Waals surface area contributed by atoms with Gasteiger partial charge < -0.3 is 14.2 Å². The number of hydrogen-bond donors (Lipinski definition) is 0. The fourth-order valence-corrected chi connectivity index (χ4v) is 0.327. The molecule has 0 aromatic carbocycles. The molecule has 0 spiro atoms.